The van der Waals surface area contributed by atoms with Crippen molar-refractivity contribution < 1.29 is 18.9 Å². The molecule has 202 valence electrons. The Morgan fingerprint density at radius 2 is 1.97 bits per heavy atom. The van der Waals surface area contributed by atoms with Crippen LogP contribution >= 0.6 is 0 Å². The normalized spacial score (nSPS) is 19.9. The lowest BCUT2D eigenvalue weighted by atomic mass is 10.0. The number of hydrogen-bond acceptors (Lipinski definition) is 10. The molecule has 2 aliphatic heterocycles. The Morgan fingerprint density at radius 1 is 1.05 bits per heavy atom. The zero-order chi connectivity index (χ0) is 26.4. The molecule has 2 saturated heterocycles. The second-order valence-electron chi connectivity index (χ2n) is 9.54. The Balaban J connectivity index is 1.24. The van der Waals surface area contributed by atoms with E-state index in [1.165, 1.54) is 0 Å². The van der Waals surface area contributed by atoms with Crippen LogP contribution in [0.25, 0.3) is 11.4 Å². The summed E-state index contributed by atoms with van der Waals surface area (Å²) in [5, 5.41) is 16.6. The molecule has 0 aliphatic carbocycles. The van der Waals surface area contributed by atoms with E-state index in [1.807, 2.05) is 54.7 Å². The van der Waals surface area contributed by atoms with Crippen LogP contribution in [0.5, 0.6) is 11.6 Å². The van der Waals surface area contributed by atoms with Crippen molar-refractivity contribution in [2.75, 3.05) is 32.2 Å². The third kappa shape index (κ3) is 5.84. The highest BCUT2D eigenvalue weighted by Crippen LogP contribution is 2.33. The minimum atomic E-state index is -0.278. The van der Waals surface area contributed by atoms with Crippen LogP contribution in [0.4, 0.5) is 5.69 Å². The van der Waals surface area contributed by atoms with E-state index in [0.717, 1.165) is 54.8 Å². The zero-order valence-corrected chi connectivity index (χ0v) is 21.8. The van der Waals surface area contributed by atoms with Crippen LogP contribution < -0.4 is 14.8 Å². The van der Waals surface area contributed by atoms with Gasteiger partial charge in [-0.1, -0.05) is 6.07 Å². The van der Waals surface area contributed by atoms with Gasteiger partial charge >= 0.3 is 0 Å². The van der Waals surface area contributed by atoms with Crippen molar-refractivity contribution in [3.05, 3.63) is 72.2 Å². The molecular weight excluding hydrogens is 498 g/mol. The molecule has 6 rings (SSSR count). The first-order valence-corrected chi connectivity index (χ1v) is 13.2. The van der Waals surface area contributed by atoms with Gasteiger partial charge in [0, 0.05) is 36.7 Å². The molecule has 5 heterocycles. The Kier molecular flexibility index (Phi) is 7.59. The minimum Gasteiger partial charge on any atom is -0.491 e. The first-order valence-electron chi connectivity index (χ1n) is 13.2. The maximum atomic E-state index is 6.15. The van der Waals surface area contributed by atoms with Crippen molar-refractivity contribution in [3.63, 3.8) is 0 Å². The van der Waals surface area contributed by atoms with Crippen LogP contribution in [-0.2, 0) is 9.47 Å². The number of rotatable bonds is 9. The second kappa shape index (κ2) is 11.7. The van der Waals surface area contributed by atoms with Gasteiger partial charge in [0.25, 0.3) is 5.88 Å². The van der Waals surface area contributed by atoms with E-state index in [-0.39, 0.29) is 18.4 Å². The number of ether oxygens (including phenoxy) is 4. The van der Waals surface area contributed by atoms with Gasteiger partial charge in [0.1, 0.15) is 6.10 Å². The largest absolute Gasteiger partial charge is 0.491 e. The Hall–Kier alpha value is -4.09. The molecule has 0 spiro atoms. The van der Waals surface area contributed by atoms with Crippen molar-refractivity contribution in [3.8, 4) is 23.0 Å². The predicted molar refractivity (Wildman–Crippen MR) is 142 cm³/mol. The molecule has 0 bridgehead atoms. The summed E-state index contributed by atoms with van der Waals surface area (Å²) in [7, 11) is 1.61. The fourth-order valence-corrected chi connectivity index (χ4v) is 4.73. The SMILES string of the molecule is COc1ccc(C(Nc2ccc(-c3nnn(C4CCCCO4)n3)cc2)c2cccnc2)nc1O[C@@H]1CCOC1. The lowest BCUT2D eigenvalue weighted by molar-refractivity contribution is -0.0488. The standard InChI is InChI=1S/C28H31N7O4/c1-36-24-12-11-23(31-28(24)39-22-13-16-37-18-22)26(20-5-4-14-29-17-20)30-21-9-7-19(8-10-21)27-32-34-35(33-27)25-6-2-3-15-38-25/h4-5,7-12,14,17,22,25-26,30H,2-3,6,13,15-16,18H2,1H3/t22-,25?,26?/m1/s1. The van der Waals surface area contributed by atoms with E-state index in [4.69, 9.17) is 23.9 Å². The van der Waals surface area contributed by atoms with E-state index in [0.29, 0.717) is 30.7 Å². The van der Waals surface area contributed by atoms with Crippen LogP contribution in [0.3, 0.4) is 0 Å². The van der Waals surface area contributed by atoms with Gasteiger partial charge in [-0.25, -0.2) is 4.98 Å². The van der Waals surface area contributed by atoms with Crippen molar-refractivity contribution in [1.82, 2.24) is 30.2 Å². The van der Waals surface area contributed by atoms with Gasteiger partial charge in [0.05, 0.1) is 32.1 Å². The molecule has 2 unspecified atom stereocenters. The fourth-order valence-electron chi connectivity index (χ4n) is 4.73. The number of methoxy groups -OCH3 is 1. The Labute approximate surface area is 226 Å². The smallest absolute Gasteiger partial charge is 0.257 e. The highest BCUT2D eigenvalue weighted by molar-refractivity contribution is 5.60. The van der Waals surface area contributed by atoms with Crippen molar-refractivity contribution in [1.29, 1.82) is 0 Å². The van der Waals surface area contributed by atoms with Crippen LogP contribution in [0.2, 0.25) is 0 Å². The summed E-state index contributed by atoms with van der Waals surface area (Å²) in [6.45, 7) is 1.95. The number of benzene rings is 1. The minimum absolute atomic E-state index is 0.0461. The van der Waals surface area contributed by atoms with Gasteiger partial charge in [0.2, 0.25) is 5.82 Å². The average Bonchev–Trinajstić information content (AvgIpc) is 3.70. The second-order valence-corrected chi connectivity index (χ2v) is 9.54. The van der Waals surface area contributed by atoms with Gasteiger partial charge in [-0.15, -0.1) is 15.0 Å². The van der Waals surface area contributed by atoms with Gasteiger partial charge in [-0.05, 0) is 72.5 Å². The summed E-state index contributed by atoms with van der Waals surface area (Å²) < 4.78 is 22.9. The van der Waals surface area contributed by atoms with Gasteiger partial charge in [-0.3, -0.25) is 4.98 Å². The molecule has 3 atom stereocenters. The lowest BCUT2D eigenvalue weighted by Gasteiger charge is -2.22. The van der Waals surface area contributed by atoms with Crippen LogP contribution in [0, 0.1) is 0 Å². The van der Waals surface area contributed by atoms with Crippen molar-refractivity contribution >= 4 is 5.69 Å². The number of anilines is 1. The van der Waals surface area contributed by atoms with Crippen LogP contribution in [0.15, 0.2) is 60.9 Å². The van der Waals surface area contributed by atoms with Gasteiger partial charge in [0.15, 0.2) is 12.0 Å². The van der Waals surface area contributed by atoms with Gasteiger partial charge in [-0.2, -0.15) is 0 Å². The number of tetrazole rings is 1. The molecule has 39 heavy (non-hydrogen) atoms. The summed E-state index contributed by atoms with van der Waals surface area (Å²) in [6.07, 6.45) is 7.29. The molecule has 2 aliphatic rings. The zero-order valence-electron chi connectivity index (χ0n) is 21.8. The van der Waals surface area contributed by atoms with Crippen molar-refractivity contribution in [2.45, 2.75) is 44.1 Å². The number of nitrogens with one attached hydrogen (secondary N) is 1. The van der Waals surface area contributed by atoms with Crippen LogP contribution in [-0.4, -0.2) is 63.2 Å². The number of pyridine rings is 2. The third-order valence-electron chi connectivity index (χ3n) is 6.84. The predicted octanol–water partition coefficient (Wildman–Crippen LogP) is 4.21. The lowest BCUT2D eigenvalue weighted by Crippen LogP contribution is -2.20. The first kappa shape index (κ1) is 25.2. The van der Waals surface area contributed by atoms with Crippen LogP contribution in [0.1, 0.15) is 49.2 Å². The number of hydrogen-bond donors (Lipinski definition) is 1. The molecule has 2 fully saturated rings. The van der Waals surface area contributed by atoms with E-state index < -0.39 is 0 Å². The molecule has 11 heteroatoms. The summed E-state index contributed by atoms with van der Waals surface area (Å²) in [5.41, 5.74) is 3.52. The summed E-state index contributed by atoms with van der Waals surface area (Å²) in [4.78, 5) is 10.8. The fraction of sp³-hybridized carbons (Fsp3) is 0.393. The van der Waals surface area contributed by atoms with Gasteiger partial charge < -0.3 is 24.3 Å². The maximum Gasteiger partial charge on any atom is 0.257 e. The Morgan fingerprint density at radius 3 is 2.72 bits per heavy atom. The molecule has 0 radical (unpaired) electrons. The molecule has 0 amide bonds. The van der Waals surface area contributed by atoms with E-state index in [9.17, 15) is 0 Å². The topological polar surface area (TPSA) is 118 Å². The number of aromatic nitrogens is 6. The monoisotopic (exact) mass is 529 g/mol. The molecule has 0 saturated carbocycles. The Bertz CT molecular complexity index is 1350. The molecule has 1 aromatic carbocycles. The summed E-state index contributed by atoms with van der Waals surface area (Å²) in [6, 6.07) is 15.4. The van der Waals surface area contributed by atoms with Crippen molar-refractivity contribution in [2.24, 2.45) is 0 Å². The maximum absolute atomic E-state index is 6.15. The molecule has 3 aromatic heterocycles. The highest BCUT2D eigenvalue weighted by atomic mass is 16.6. The van der Waals surface area contributed by atoms with E-state index >= 15 is 0 Å². The average molecular weight is 530 g/mol. The summed E-state index contributed by atoms with van der Waals surface area (Å²) in [5.74, 6) is 1.60. The number of nitrogens with zero attached hydrogens (tertiary/aromatic N) is 6. The molecule has 11 nitrogen and oxygen atoms in total. The summed E-state index contributed by atoms with van der Waals surface area (Å²) >= 11 is 0. The van der Waals surface area contributed by atoms with E-state index in [1.54, 1.807) is 18.1 Å². The third-order valence-corrected chi connectivity index (χ3v) is 6.84. The quantitative estimate of drug-likeness (QED) is 0.338. The first-order chi connectivity index (χ1) is 19.3. The highest BCUT2D eigenvalue weighted by Gasteiger charge is 2.23. The molecular formula is C28H31N7O4. The molecule has 1 N–H and O–H groups in total. The van der Waals surface area contributed by atoms with E-state index in [2.05, 4.69) is 25.7 Å². The molecule has 4 aromatic rings.